The van der Waals surface area contributed by atoms with Gasteiger partial charge in [0.1, 0.15) is 5.75 Å². The molecule has 0 radical (unpaired) electrons. The summed E-state index contributed by atoms with van der Waals surface area (Å²) in [5.41, 5.74) is 1.82. The smallest absolute Gasteiger partial charge is 0.184 e. The van der Waals surface area contributed by atoms with E-state index in [-0.39, 0.29) is 11.8 Å². The second-order valence-electron chi connectivity index (χ2n) is 5.37. The van der Waals surface area contributed by atoms with Gasteiger partial charge >= 0.3 is 0 Å². The summed E-state index contributed by atoms with van der Waals surface area (Å²) in [5, 5.41) is 4.90. The van der Waals surface area contributed by atoms with Crippen molar-refractivity contribution in [3.8, 4) is 5.75 Å². The van der Waals surface area contributed by atoms with Crippen molar-refractivity contribution in [1.82, 2.24) is 10.2 Å². The minimum absolute atomic E-state index is 0.182. The largest absolute Gasteiger partial charge is 0.467 e. The minimum atomic E-state index is -0.368. The lowest BCUT2D eigenvalue weighted by Crippen LogP contribution is -2.64. The molecule has 5 heteroatoms. The van der Waals surface area contributed by atoms with Crippen molar-refractivity contribution in [2.75, 3.05) is 6.54 Å². The molecule has 19 heavy (non-hydrogen) atoms. The third-order valence-corrected chi connectivity index (χ3v) is 4.53. The van der Waals surface area contributed by atoms with Gasteiger partial charge in [-0.1, -0.05) is 11.6 Å². The molecule has 2 aliphatic rings. The van der Waals surface area contributed by atoms with E-state index in [0.29, 0.717) is 0 Å². The molecule has 1 aromatic rings. The first-order valence-electron chi connectivity index (χ1n) is 6.52. The first kappa shape index (κ1) is 13.0. The standard InChI is InChI=1S/C14H17ClN2OS/c1-4-17-13(19)16-11-7-14(17,3)18-12-8(2)5-9(15)6-10(11)12/h5-6,11H,4,7H2,1-3H3,(H,16,19). The van der Waals surface area contributed by atoms with Crippen LogP contribution in [0.4, 0.5) is 0 Å². The Balaban J connectivity index is 2.13. The van der Waals surface area contributed by atoms with E-state index in [0.717, 1.165) is 40.0 Å². The highest BCUT2D eigenvalue weighted by atomic mass is 35.5. The van der Waals surface area contributed by atoms with Crippen LogP contribution in [0.5, 0.6) is 5.75 Å². The van der Waals surface area contributed by atoms with Gasteiger partial charge in [0, 0.05) is 23.6 Å². The molecule has 0 amide bonds. The summed E-state index contributed by atoms with van der Waals surface area (Å²) in [6.45, 7) is 7.06. The predicted molar refractivity (Wildman–Crippen MR) is 80.7 cm³/mol. The van der Waals surface area contributed by atoms with E-state index in [1.54, 1.807) is 0 Å². The van der Waals surface area contributed by atoms with Crippen LogP contribution in [0, 0.1) is 6.92 Å². The van der Waals surface area contributed by atoms with E-state index in [2.05, 4.69) is 24.1 Å². The van der Waals surface area contributed by atoms with Gasteiger partial charge in [0.2, 0.25) is 0 Å². The first-order chi connectivity index (χ1) is 8.94. The third-order valence-electron chi connectivity index (χ3n) is 3.98. The van der Waals surface area contributed by atoms with Crippen LogP contribution in [0.3, 0.4) is 0 Å². The number of hydrogen-bond acceptors (Lipinski definition) is 2. The number of ether oxygens (including phenoxy) is 1. The fraction of sp³-hybridized carbons (Fsp3) is 0.500. The fourth-order valence-electron chi connectivity index (χ4n) is 3.12. The molecule has 2 unspecified atom stereocenters. The zero-order chi connectivity index (χ0) is 13.8. The molecule has 1 fully saturated rings. The van der Waals surface area contributed by atoms with Crippen LogP contribution in [0.25, 0.3) is 0 Å². The number of hydrogen-bond donors (Lipinski definition) is 1. The molecule has 0 saturated carbocycles. The summed E-state index contributed by atoms with van der Waals surface area (Å²) >= 11 is 11.6. The number of rotatable bonds is 1. The zero-order valence-electron chi connectivity index (χ0n) is 11.3. The molecular formula is C14H17ClN2OS. The number of nitrogens with zero attached hydrogens (tertiary/aromatic N) is 1. The Morgan fingerprint density at radius 3 is 3.00 bits per heavy atom. The first-order valence-corrected chi connectivity index (χ1v) is 7.30. The molecule has 1 aromatic carbocycles. The normalized spacial score (nSPS) is 28.5. The van der Waals surface area contributed by atoms with Crippen molar-refractivity contribution in [2.24, 2.45) is 0 Å². The molecule has 2 aliphatic heterocycles. The maximum absolute atomic E-state index is 6.29. The fourth-order valence-corrected chi connectivity index (χ4v) is 3.86. The lowest BCUT2D eigenvalue weighted by molar-refractivity contribution is -0.0663. The maximum Gasteiger partial charge on any atom is 0.184 e. The van der Waals surface area contributed by atoms with Gasteiger partial charge in [0.15, 0.2) is 10.8 Å². The Kier molecular flexibility index (Phi) is 2.91. The molecule has 2 heterocycles. The van der Waals surface area contributed by atoms with E-state index in [1.807, 2.05) is 19.1 Å². The molecule has 1 N–H and O–H groups in total. The Labute approximate surface area is 123 Å². The number of fused-ring (bicyclic) bond motifs is 4. The van der Waals surface area contributed by atoms with Crippen LogP contribution < -0.4 is 10.1 Å². The van der Waals surface area contributed by atoms with Gasteiger partial charge in [-0.2, -0.15) is 0 Å². The van der Waals surface area contributed by atoms with Crippen molar-refractivity contribution in [3.05, 3.63) is 28.3 Å². The summed E-state index contributed by atoms with van der Waals surface area (Å²) < 4.78 is 6.29. The van der Waals surface area contributed by atoms with Crippen molar-refractivity contribution >= 4 is 28.9 Å². The van der Waals surface area contributed by atoms with Gasteiger partial charge in [-0.25, -0.2) is 0 Å². The Morgan fingerprint density at radius 2 is 2.32 bits per heavy atom. The second-order valence-corrected chi connectivity index (χ2v) is 6.19. The van der Waals surface area contributed by atoms with Gasteiger partial charge in [-0.3, -0.25) is 0 Å². The molecule has 0 spiro atoms. The zero-order valence-corrected chi connectivity index (χ0v) is 12.9. The number of aryl methyl sites for hydroxylation is 1. The lowest BCUT2D eigenvalue weighted by Gasteiger charge is -2.52. The van der Waals surface area contributed by atoms with Crippen molar-refractivity contribution < 1.29 is 4.74 Å². The Bertz CT molecular complexity index is 563. The molecule has 3 rings (SSSR count). The van der Waals surface area contributed by atoms with Crippen molar-refractivity contribution in [2.45, 2.75) is 39.0 Å². The molecule has 2 atom stereocenters. The monoisotopic (exact) mass is 296 g/mol. The highest BCUT2D eigenvalue weighted by molar-refractivity contribution is 7.80. The van der Waals surface area contributed by atoms with E-state index in [1.165, 1.54) is 0 Å². The van der Waals surface area contributed by atoms with E-state index < -0.39 is 0 Å². The molecule has 1 saturated heterocycles. The summed E-state index contributed by atoms with van der Waals surface area (Å²) in [6, 6.07) is 4.10. The van der Waals surface area contributed by atoms with Crippen LogP contribution in [-0.2, 0) is 0 Å². The van der Waals surface area contributed by atoms with Gasteiger partial charge in [-0.15, -0.1) is 0 Å². The topological polar surface area (TPSA) is 24.5 Å². The summed E-state index contributed by atoms with van der Waals surface area (Å²) in [4.78, 5) is 2.11. The van der Waals surface area contributed by atoms with E-state index >= 15 is 0 Å². The number of nitrogens with one attached hydrogen (secondary N) is 1. The lowest BCUT2D eigenvalue weighted by atomic mass is 9.89. The van der Waals surface area contributed by atoms with Gasteiger partial charge in [0.25, 0.3) is 0 Å². The number of halogens is 1. The van der Waals surface area contributed by atoms with Crippen molar-refractivity contribution in [1.29, 1.82) is 0 Å². The minimum Gasteiger partial charge on any atom is -0.467 e. The summed E-state index contributed by atoms with van der Waals surface area (Å²) in [7, 11) is 0. The van der Waals surface area contributed by atoms with Crippen LogP contribution in [-0.4, -0.2) is 22.3 Å². The predicted octanol–water partition coefficient (Wildman–Crippen LogP) is 3.40. The molecule has 102 valence electrons. The quantitative estimate of drug-likeness (QED) is 0.803. The summed E-state index contributed by atoms with van der Waals surface area (Å²) in [6.07, 6.45) is 0.869. The number of benzene rings is 1. The maximum atomic E-state index is 6.29. The molecule has 0 aromatic heterocycles. The van der Waals surface area contributed by atoms with Gasteiger partial charge in [-0.05, 0) is 50.7 Å². The highest BCUT2D eigenvalue weighted by Crippen LogP contribution is 2.46. The number of thiocarbonyl (C=S) groups is 1. The molecular weight excluding hydrogens is 280 g/mol. The Morgan fingerprint density at radius 1 is 1.58 bits per heavy atom. The van der Waals surface area contributed by atoms with Crippen molar-refractivity contribution in [3.63, 3.8) is 0 Å². The highest BCUT2D eigenvalue weighted by Gasteiger charge is 2.47. The van der Waals surface area contributed by atoms with Crippen LogP contribution >= 0.6 is 23.8 Å². The van der Waals surface area contributed by atoms with Crippen LogP contribution in [0.2, 0.25) is 5.02 Å². The van der Waals surface area contributed by atoms with E-state index in [9.17, 15) is 0 Å². The van der Waals surface area contributed by atoms with Gasteiger partial charge in [0.05, 0.1) is 6.04 Å². The van der Waals surface area contributed by atoms with Crippen LogP contribution in [0.15, 0.2) is 12.1 Å². The van der Waals surface area contributed by atoms with E-state index in [4.69, 9.17) is 28.6 Å². The Hall–Kier alpha value is -1.00. The molecule has 2 bridgehead atoms. The average Bonchev–Trinajstić information content (AvgIpc) is 2.31. The average molecular weight is 297 g/mol. The third kappa shape index (κ3) is 1.89. The molecule has 0 aliphatic carbocycles. The van der Waals surface area contributed by atoms with Crippen LogP contribution in [0.1, 0.15) is 37.4 Å². The second kappa shape index (κ2) is 4.25. The SMILES string of the molecule is CCN1C(=S)NC2CC1(C)Oc1c(C)cc(Cl)cc12. The molecule has 3 nitrogen and oxygen atoms in total. The van der Waals surface area contributed by atoms with Gasteiger partial charge < -0.3 is 15.0 Å². The summed E-state index contributed by atoms with van der Waals surface area (Å²) in [5.74, 6) is 0.941.